The van der Waals surface area contributed by atoms with Crippen LogP contribution in [0, 0.1) is 11.8 Å². The van der Waals surface area contributed by atoms with Crippen molar-refractivity contribution in [1.82, 2.24) is 15.3 Å². The van der Waals surface area contributed by atoms with Crippen LogP contribution in [0.1, 0.15) is 46.1 Å². The van der Waals surface area contributed by atoms with E-state index in [2.05, 4.69) is 29.1 Å². The van der Waals surface area contributed by atoms with Gasteiger partial charge in [-0.3, -0.25) is 0 Å². The highest BCUT2D eigenvalue weighted by Crippen LogP contribution is 2.45. The van der Waals surface area contributed by atoms with E-state index in [1.54, 1.807) is 6.20 Å². The van der Waals surface area contributed by atoms with Crippen molar-refractivity contribution in [2.24, 2.45) is 11.8 Å². The Morgan fingerprint density at radius 3 is 2.26 bits per heavy atom. The number of ether oxygens (including phenoxy) is 2. The molecule has 1 fully saturated rings. The highest BCUT2D eigenvalue weighted by molar-refractivity contribution is 5.34. The van der Waals surface area contributed by atoms with Gasteiger partial charge in [-0.15, -0.1) is 0 Å². The molecular weight excluding hydrogens is 294 g/mol. The minimum absolute atomic E-state index is 0.0990. The zero-order valence-electron chi connectivity index (χ0n) is 14.6. The number of nitrogens with one attached hydrogen (secondary N) is 1. The van der Waals surface area contributed by atoms with E-state index in [-0.39, 0.29) is 11.8 Å². The van der Waals surface area contributed by atoms with Crippen LogP contribution in [0.5, 0.6) is 11.9 Å². The van der Waals surface area contributed by atoms with Crippen LogP contribution in [-0.4, -0.2) is 41.4 Å². The summed E-state index contributed by atoms with van der Waals surface area (Å²) in [5.41, 5.74) is -0.299. The Hall–Kier alpha value is -1.40. The van der Waals surface area contributed by atoms with Crippen LogP contribution in [-0.2, 0) is 5.60 Å². The quantitative estimate of drug-likeness (QED) is 0.800. The van der Waals surface area contributed by atoms with E-state index in [0.717, 1.165) is 25.9 Å². The van der Waals surface area contributed by atoms with Crippen molar-refractivity contribution < 1.29 is 14.6 Å². The maximum atomic E-state index is 11.6. The van der Waals surface area contributed by atoms with E-state index in [4.69, 9.17) is 9.47 Å². The van der Waals surface area contributed by atoms with Gasteiger partial charge in [0.1, 0.15) is 5.60 Å². The predicted octanol–water partition coefficient (Wildman–Crippen LogP) is 2.12. The molecule has 1 aliphatic rings. The summed E-state index contributed by atoms with van der Waals surface area (Å²) in [4.78, 5) is 8.65. The molecule has 6 nitrogen and oxygen atoms in total. The molecule has 1 aliphatic heterocycles. The summed E-state index contributed by atoms with van der Waals surface area (Å²) in [7, 11) is 0. The Kier molecular flexibility index (Phi) is 6.18. The summed E-state index contributed by atoms with van der Waals surface area (Å²) in [5.74, 6) is 0.635. The third-order valence-corrected chi connectivity index (χ3v) is 4.73. The number of hydrogen-bond acceptors (Lipinski definition) is 6. The molecule has 0 saturated carbocycles. The molecule has 2 rings (SSSR count). The summed E-state index contributed by atoms with van der Waals surface area (Å²) in [6.45, 7) is 10.5. The van der Waals surface area contributed by atoms with Crippen LogP contribution < -0.4 is 14.8 Å². The molecule has 23 heavy (non-hydrogen) atoms. The van der Waals surface area contributed by atoms with Gasteiger partial charge in [0.05, 0.1) is 18.8 Å². The van der Waals surface area contributed by atoms with E-state index >= 15 is 0 Å². The van der Waals surface area contributed by atoms with Gasteiger partial charge in [-0.1, -0.05) is 13.8 Å². The van der Waals surface area contributed by atoms with E-state index in [1.165, 1.54) is 0 Å². The number of rotatable bonds is 7. The summed E-state index contributed by atoms with van der Waals surface area (Å²) in [6, 6.07) is 0.290. The number of aromatic nitrogens is 2. The van der Waals surface area contributed by atoms with Gasteiger partial charge in [0.2, 0.25) is 5.88 Å². The smallest absolute Gasteiger partial charge is 0.319 e. The Labute approximate surface area is 138 Å². The van der Waals surface area contributed by atoms with Crippen LogP contribution in [0.4, 0.5) is 0 Å². The van der Waals surface area contributed by atoms with E-state index in [1.807, 2.05) is 13.8 Å². The third-order valence-electron chi connectivity index (χ3n) is 4.73. The van der Waals surface area contributed by atoms with Gasteiger partial charge in [0.15, 0.2) is 0 Å². The second-order valence-corrected chi connectivity index (χ2v) is 5.93. The molecular formula is C17H29N3O3. The van der Waals surface area contributed by atoms with Gasteiger partial charge >= 0.3 is 6.01 Å². The molecule has 2 atom stereocenters. The largest absolute Gasteiger partial charge is 0.478 e. The summed E-state index contributed by atoms with van der Waals surface area (Å²) >= 11 is 0. The molecule has 1 saturated heterocycles. The first kappa shape index (κ1) is 17.9. The summed E-state index contributed by atoms with van der Waals surface area (Å²) in [6.07, 6.45) is 3.43. The molecule has 2 heterocycles. The summed E-state index contributed by atoms with van der Waals surface area (Å²) in [5, 5.41) is 15.1. The second-order valence-electron chi connectivity index (χ2n) is 5.93. The number of aliphatic hydroxyl groups is 1. The fourth-order valence-corrected chi connectivity index (χ4v) is 3.50. The predicted molar refractivity (Wildman–Crippen MR) is 88.7 cm³/mol. The Morgan fingerprint density at radius 1 is 1.13 bits per heavy atom. The van der Waals surface area contributed by atoms with Gasteiger partial charge in [-0.25, -0.2) is 4.98 Å². The third kappa shape index (κ3) is 3.43. The average molecular weight is 323 g/mol. The highest BCUT2D eigenvalue weighted by atomic mass is 16.5. The maximum Gasteiger partial charge on any atom is 0.319 e. The van der Waals surface area contributed by atoms with Crippen LogP contribution in [0.2, 0.25) is 0 Å². The van der Waals surface area contributed by atoms with Crippen molar-refractivity contribution in [3.8, 4) is 11.9 Å². The van der Waals surface area contributed by atoms with Crippen molar-refractivity contribution >= 4 is 0 Å². The lowest BCUT2D eigenvalue weighted by Gasteiger charge is -2.46. The van der Waals surface area contributed by atoms with Gasteiger partial charge in [-0.05, 0) is 26.7 Å². The van der Waals surface area contributed by atoms with Crippen molar-refractivity contribution in [1.29, 1.82) is 0 Å². The molecule has 1 aromatic heterocycles. The summed E-state index contributed by atoms with van der Waals surface area (Å²) < 4.78 is 11.1. The van der Waals surface area contributed by atoms with Crippen LogP contribution >= 0.6 is 0 Å². The highest BCUT2D eigenvalue weighted by Gasteiger charge is 2.48. The van der Waals surface area contributed by atoms with Crippen LogP contribution in [0.25, 0.3) is 0 Å². The number of hydrogen-bond donors (Lipinski definition) is 2. The second kappa shape index (κ2) is 7.93. The standard InChI is InChI=1S/C17H29N3O3/c1-5-12-9-18-10-13(6-2)17(12,21)14-11-19-16(23-8-4)20-15(14)22-7-3/h11-13,18,21H,5-10H2,1-4H3. The van der Waals surface area contributed by atoms with Crippen molar-refractivity contribution in [3.05, 3.63) is 11.8 Å². The minimum Gasteiger partial charge on any atom is -0.478 e. The monoisotopic (exact) mass is 323 g/mol. The topological polar surface area (TPSA) is 76.5 Å². The molecule has 0 radical (unpaired) electrons. The molecule has 0 bridgehead atoms. The van der Waals surface area contributed by atoms with Crippen molar-refractivity contribution in [2.75, 3.05) is 26.3 Å². The fourth-order valence-electron chi connectivity index (χ4n) is 3.50. The SMILES string of the molecule is CCOc1ncc(C2(O)C(CC)CNCC2CC)c(OCC)n1. The zero-order chi connectivity index (χ0) is 16.9. The van der Waals surface area contributed by atoms with Gasteiger partial charge in [0.25, 0.3) is 0 Å². The minimum atomic E-state index is -0.982. The van der Waals surface area contributed by atoms with Crippen LogP contribution in [0.15, 0.2) is 6.20 Å². The van der Waals surface area contributed by atoms with E-state index in [0.29, 0.717) is 30.7 Å². The number of nitrogens with zero attached hydrogens (tertiary/aromatic N) is 2. The Morgan fingerprint density at radius 2 is 1.74 bits per heavy atom. The lowest BCUT2D eigenvalue weighted by atomic mass is 9.68. The van der Waals surface area contributed by atoms with Crippen molar-refractivity contribution in [2.45, 2.75) is 46.1 Å². The first-order chi connectivity index (χ1) is 11.1. The van der Waals surface area contributed by atoms with Gasteiger partial charge in [0, 0.05) is 31.1 Å². The molecule has 130 valence electrons. The first-order valence-electron chi connectivity index (χ1n) is 8.67. The number of piperidine rings is 1. The molecule has 0 amide bonds. The van der Waals surface area contributed by atoms with Crippen LogP contribution in [0.3, 0.4) is 0 Å². The zero-order valence-corrected chi connectivity index (χ0v) is 14.6. The van der Waals surface area contributed by atoms with Gasteiger partial charge in [-0.2, -0.15) is 4.98 Å². The fraction of sp³-hybridized carbons (Fsp3) is 0.765. The molecule has 0 aromatic carbocycles. The normalized spacial score (nSPS) is 27.7. The molecule has 6 heteroatoms. The molecule has 0 aliphatic carbocycles. The van der Waals surface area contributed by atoms with Gasteiger partial charge < -0.3 is 19.9 Å². The molecule has 2 unspecified atom stereocenters. The molecule has 2 N–H and O–H groups in total. The lowest BCUT2D eigenvalue weighted by Crippen LogP contribution is -2.54. The first-order valence-corrected chi connectivity index (χ1v) is 8.67. The van der Waals surface area contributed by atoms with E-state index < -0.39 is 5.60 Å². The lowest BCUT2D eigenvalue weighted by molar-refractivity contribution is -0.0976. The Balaban J connectivity index is 2.50. The average Bonchev–Trinajstić information content (AvgIpc) is 2.55. The maximum absolute atomic E-state index is 11.6. The van der Waals surface area contributed by atoms with E-state index in [9.17, 15) is 5.11 Å². The molecule has 0 spiro atoms. The molecule has 1 aromatic rings. The van der Waals surface area contributed by atoms with Crippen molar-refractivity contribution in [3.63, 3.8) is 0 Å². The Bertz CT molecular complexity index is 498.